The molecule has 0 fully saturated rings. The fourth-order valence-corrected chi connectivity index (χ4v) is 1.14. The van der Waals surface area contributed by atoms with Gasteiger partial charge in [-0.15, -0.1) is 0 Å². The molecule has 0 heterocycles. The molecule has 1 N–H and O–H groups in total. The largest absolute Gasteiger partial charge is 0.491 e. The minimum atomic E-state index is 0.183. The zero-order valence-corrected chi connectivity index (χ0v) is 8.24. The summed E-state index contributed by atoms with van der Waals surface area (Å²) in [5.41, 5.74) is 1.84. The number of benzene rings is 1. The molecule has 0 saturated heterocycles. The molecule has 0 amide bonds. The van der Waals surface area contributed by atoms with Gasteiger partial charge in [-0.3, -0.25) is 0 Å². The van der Waals surface area contributed by atoms with Gasteiger partial charge in [-0.1, -0.05) is 6.07 Å². The first-order chi connectivity index (χ1) is 6.13. The maximum atomic E-state index is 8.77. The standard InChI is InChI=1S/C11H15O2/c1-8(2)13-11-5-4-10(7-12)6-9(11)3/h4-8,12H,1-3H3. The Morgan fingerprint density at radius 1 is 1.38 bits per heavy atom. The number of aliphatic hydroxyl groups excluding tert-OH is 1. The van der Waals surface area contributed by atoms with E-state index in [1.54, 1.807) is 0 Å². The third-order valence-electron chi connectivity index (χ3n) is 1.71. The number of aryl methyl sites for hydroxylation is 1. The summed E-state index contributed by atoms with van der Waals surface area (Å²) in [5.74, 6) is 0.876. The maximum Gasteiger partial charge on any atom is 0.122 e. The molecular weight excluding hydrogens is 164 g/mol. The van der Waals surface area contributed by atoms with Crippen LogP contribution in [-0.2, 0) is 0 Å². The molecule has 1 aromatic rings. The number of aliphatic hydroxyl groups is 1. The van der Waals surface area contributed by atoms with Gasteiger partial charge >= 0.3 is 0 Å². The highest BCUT2D eigenvalue weighted by Crippen LogP contribution is 2.20. The second-order valence-electron chi connectivity index (χ2n) is 3.32. The number of rotatable bonds is 3. The van der Waals surface area contributed by atoms with Gasteiger partial charge in [0.05, 0.1) is 6.10 Å². The van der Waals surface area contributed by atoms with E-state index in [4.69, 9.17) is 9.84 Å². The zero-order valence-electron chi connectivity index (χ0n) is 8.24. The summed E-state index contributed by atoms with van der Waals surface area (Å²) in [5, 5.41) is 8.77. The topological polar surface area (TPSA) is 29.5 Å². The molecule has 0 atom stereocenters. The van der Waals surface area contributed by atoms with Crippen molar-refractivity contribution in [1.82, 2.24) is 0 Å². The Morgan fingerprint density at radius 3 is 2.54 bits per heavy atom. The lowest BCUT2D eigenvalue weighted by molar-refractivity contribution is 0.240. The normalized spacial score (nSPS) is 10.5. The predicted molar refractivity (Wildman–Crippen MR) is 52.3 cm³/mol. The molecule has 71 valence electrons. The predicted octanol–water partition coefficient (Wildman–Crippen LogP) is 2.66. The molecule has 1 radical (unpaired) electrons. The van der Waals surface area contributed by atoms with Crippen LogP contribution in [0.3, 0.4) is 0 Å². The molecular formula is C11H15O2. The molecule has 0 spiro atoms. The molecule has 2 nitrogen and oxygen atoms in total. The molecule has 0 aliphatic carbocycles. The molecule has 0 aliphatic heterocycles. The van der Waals surface area contributed by atoms with E-state index in [0.717, 1.165) is 23.5 Å². The zero-order chi connectivity index (χ0) is 9.84. The van der Waals surface area contributed by atoms with Crippen LogP contribution >= 0.6 is 0 Å². The van der Waals surface area contributed by atoms with Crippen molar-refractivity contribution in [2.75, 3.05) is 0 Å². The van der Waals surface area contributed by atoms with Gasteiger partial charge in [0.15, 0.2) is 0 Å². The van der Waals surface area contributed by atoms with Gasteiger partial charge < -0.3 is 9.84 Å². The van der Waals surface area contributed by atoms with Crippen molar-refractivity contribution in [3.8, 4) is 5.75 Å². The second kappa shape index (κ2) is 4.28. The van der Waals surface area contributed by atoms with Crippen LogP contribution in [-0.4, -0.2) is 11.2 Å². The Labute approximate surface area is 79.2 Å². The number of ether oxygens (including phenoxy) is 1. The van der Waals surface area contributed by atoms with E-state index < -0.39 is 0 Å². The van der Waals surface area contributed by atoms with Crippen molar-refractivity contribution in [2.45, 2.75) is 26.9 Å². The quantitative estimate of drug-likeness (QED) is 0.773. The average molecular weight is 179 g/mol. The van der Waals surface area contributed by atoms with Crippen molar-refractivity contribution in [1.29, 1.82) is 0 Å². The smallest absolute Gasteiger partial charge is 0.122 e. The summed E-state index contributed by atoms with van der Waals surface area (Å²) in [4.78, 5) is 0. The van der Waals surface area contributed by atoms with Crippen LogP contribution in [0.2, 0.25) is 0 Å². The van der Waals surface area contributed by atoms with Crippen LogP contribution in [0, 0.1) is 13.5 Å². The van der Waals surface area contributed by atoms with Crippen LogP contribution < -0.4 is 4.74 Å². The van der Waals surface area contributed by atoms with Crippen molar-refractivity contribution in [3.63, 3.8) is 0 Å². The Bertz CT molecular complexity index is 279. The van der Waals surface area contributed by atoms with Crippen molar-refractivity contribution in [2.24, 2.45) is 0 Å². The van der Waals surface area contributed by atoms with E-state index in [9.17, 15) is 0 Å². The van der Waals surface area contributed by atoms with E-state index in [2.05, 4.69) is 0 Å². The number of hydrogen-bond acceptors (Lipinski definition) is 2. The summed E-state index contributed by atoms with van der Waals surface area (Å²) in [6.45, 7) is 7.04. The van der Waals surface area contributed by atoms with Gasteiger partial charge in [0.2, 0.25) is 0 Å². The first-order valence-electron chi connectivity index (χ1n) is 4.38. The summed E-state index contributed by atoms with van der Waals surface area (Å²) < 4.78 is 5.55. The fourth-order valence-electron chi connectivity index (χ4n) is 1.14. The summed E-state index contributed by atoms with van der Waals surface area (Å²) in [6, 6.07) is 5.58. The molecule has 1 rings (SSSR count). The molecule has 1 aromatic carbocycles. The van der Waals surface area contributed by atoms with Crippen LogP contribution in [0.4, 0.5) is 0 Å². The highest BCUT2D eigenvalue weighted by Gasteiger charge is 2.02. The minimum Gasteiger partial charge on any atom is -0.491 e. The first kappa shape index (κ1) is 10.1. The van der Waals surface area contributed by atoms with Crippen LogP contribution in [0.5, 0.6) is 5.75 Å². The molecule has 0 bridgehead atoms. The molecule has 2 heteroatoms. The van der Waals surface area contributed by atoms with Gasteiger partial charge in [-0.05, 0) is 44.0 Å². The second-order valence-corrected chi connectivity index (χ2v) is 3.32. The van der Waals surface area contributed by atoms with E-state index in [0.29, 0.717) is 0 Å². The van der Waals surface area contributed by atoms with Gasteiger partial charge in [-0.2, -0.15) is 0 Å². The van der Waals surface area contributed by atoms with Crippen LogP contribution in [0.1, 0.15) is 25.0 Å². The third-order valence-corrected chi connectivity index (χ3v) is 1.71. The maximum absolute atomic E-state index is 8.77. The van der Waals surface area contributed by atoms with E-state index in [-0.39, 0.29) is 6.10 Å². The number of hydrogen-bond donors (Lipinski definition) is 1. The SMILES string of the molecule is Cc1cc([CH]O)ccc1OC(C)C. The van der Waals surface area contributed by atoms with E-state index >= 15 is 0 Å². The lowest BCUT2D eigenvalue weighted by atomic mass is 10.1. The molecule has 13 heavy (non-hydrogen) atoms. The van der Waals surface area contributed by atoms with Crippen LogP contribution in [0.15, 0.2) is 18.2 Å². The summed E-state index contributed by atoms with van der Waals surface area (Å²) in [7, 11) is 0. The highest BCUT2D eigenvalue weighted by molar-refractivity contribution is 5.38. The average Bonchev–Trinajstić information content (AvgIpc) is 2.08. The highest BCUT2D eigenvalue weighted by atomic mass is 16.5. The van der Waals surface area contributed by atoms with Crippen molar-refractivity contribution < 1.29 is 9.84 Å². The molecule has 0 saturated carbocycles. The lowest BCUT2D eigenvalue weighted by Crippen LogP contribution is -2.06. The van der Waals surface area contributed by atoms with Crippen LogP contribution in [0.25, 0.3) is 0 Å². The van der Waals surface area contributed by atoms with Crippen molar-refractivity contribution in [3.05, 3.63) is 35.9 Å². The lowest BCUT2D eigenvalue weighted by Gasteiger charge is -2.12. The van der Waals surface area contributed by atoms with Gasteiger partial charge in [0, 0.05) is 0 Å². The Hall–Kier alpha value is -1.02. The van der Waals surface area contributed by atoms with Gasteiger partial charge in [0.1, 0.15) is 12.4 Å². The summed E-state index contributed by atoms with van der Waals surface area (Å²) >= 11 is 0. The summed E-state index contributed by atoms with van der Waals surface area (Å²) in [6.07, 6.45) is 0.183. The van der Waals surface area contributed by atoms with Crippen molar-refractivity contribution >= 4 is 0 Å². The molecule has 0 aromatic heterocycles. The Kier molecular flexibility index (Phi) is 3.32. The van der Waals surface area contributed by atoms with Gasteiger partial charge in [0.25, 0.3) is 0 Å². The molecule has 0 aliphatic rings. The monoisotopic (exact) mass is 179 g/mol. The van der Waals surface area contributed by atoms with E-state index in [1.165, 1.54) is 0 Å². The first-order valence-corrected chi connectivity index (χ1v) is 4.38. The minimum absolute atomic E-state index is 0.183. The van der Waals surface area contributed by atoms with Gasteiger partial charge in [-0.25, -0.2) is 0 Å². The van der Waals surface area contributed by atoms with E-state index in [1.807, 2.05) is 39.0 Å². The molecule has 0 unspecified atom stereocenters. The third kappa shape index (κ3) is 2.74. The Morgan fingerprint density at radius 2 is 2.08 bits per heavy atom. The Balaban J connectivity index is 2.85. The fraction of sp³-hybridized carbons (Fsp3) is 0.364.